The molecule has 0 aliphatic carbocycles. The molecular weight excluding hydrogens is 479 g/mol. The maximum absolute atomic E-state index is 6.28. The molecule has 152 valence electrons. The molecule has 2 aliphatic rings. The van der Waals surface area contributed by atoms with Crippen molar-refractivity contribution in [3.8, 4) is 0 Å². The Kier molecular flexibility index (Phi) is 9.34. The third-order valence-electron chi connectivity index (χ3n) is 4.71. The average Bonchev–Trinajstić information content (AvgIpc) is 3.09. The van der Waals surface area contributed by atoms with Gasteiger partial charge in [0.25, 0.3) is 0 Å². The Morgan fingerprint density at radius 3 is 3.00 bits per heavy atom. The van der Waals surface area contributed by atoms with Crippen molar-refractivity contribution < 1.29 is 4.74 Å². The molecule has 1 aromatic heterocycles. The Morgan fingerprint density at radius 1 is 1.41 bits per heavy atom. The minimum absolute atomic E-state index is 0. The molecule has 7 nitrogen and oxygen atoms in total. The second kappa shape index (κ2) is 11.2. The zero-order valence-electron chi connectivity index (χ0n) is 16.0. The highest BCUT2D eigenvalue weighted by molar-refractivity contribution is 14.0. The maximum Gasteiger partial charge on any atom is 0.191 e. The molecule has 2 unspecified atom stereocenters. The van der Waals surface area contributed by atoms with E-state index in [4.69, 9.17) is 21.3 Å². The Balaban J connectivity index is 0.00000261. The van der Waals surface area contributed by atoms with Crippen molar-refractivity contribution >= 4 is 47.4 Å². The number of morpholine rings is 1. The van der Waals surface area contributed by atoms with Gasteiger partial charge >= 0.3 is 0 Å². The number of nitrogens with one attached hydrogen (secondary N) is 2. The van der Waals surface area contributed by atoms with Crippen molar-refractivity contribution in [1.29, 1.82) is 0 Å². The van der Waals surface area contributed by atoms with E-state index in [1.807, 2.05) is 12.1 Å². The Labute approximate surface area is 183 Å². The fourth-order valence-electron chi connectivity index (χ4n) is 3.36. The summed E-state index contributed by atoms with van der Waals surface area (Å²) in [5.41, 5.74) is 0. The van der Waals surface area contributed by atoms with Crippen LogP contribution in [0.2, 0.25) is 5.02 Å². The fraction of sp³-hybridized carbons (Fsp3) is 0.667. The van der Waals surface area contributed by atoms with Crippen molar-refractivity contribution in [2.75, 3.05) is 57.8 Å². The van der Waals surface area contributed by atoms with Gasteiger partial charge in [0.15, 0.2) is 5.96 Å². The second-order valence-electron chi connectivity index (χ2n) is 6.86. The van der Waals surface area contributed by atoms with Crippen molar-refractivity contribution in [3.05, 3.63) is 23.4 Å². The highest BCUT2D eigenvalue weighted by Crippen LogP contribution is 2.25. The molecule has 2 fully saturated rings. The number of guanidine groups is 1. The lowest BCUT2D eigenvalue weighted by Gasteiger charge is -2.29. The minimum Gasteiger partial charge on any atom is -0.374 e. The summed E-state index contributed by atoms with van der Waals surface area (Å²) in [5, 5.41) is 7.58. The third-order valence-corrected chi connectivity index (χ3v) is 5.00. The van der Waals surface area contributed by atoms with Crippen molar-refractivity contribution in [1.82, 2.24) is 20.5 Å². The maximum atomic E-state index is 6.28. The van der Waals surface area contributed by atoms with Crippen molar-refractivity contribution in [2.24, 2.45) is 4.99 Å². The lowest BCUT2D eigenvalue weighted by molar-refractivity contribution is -0.0136. The van der Waals surface area contributed by atoms with Crippen LogP contribution in [0.4, 0.5) is 5.82 Å². The molecular formula is C18H30ClIN6O. The smallest absolute Gasteiger partial charge is 0.191 e. The largest absolute Gasteiger partial charge is 0.374 e. The van der Waals surface area contributed by atoms with Crippen LogP contribution in [0, 0.1) is 0 Å². The van der Waals surface area contributed by atoms with E-state index in [1.165, 1.54) is 0 Å². The lowest BCUT2D eigenvalue weighted by Crippen LogP contribution is -2.46. The van der Waals surface area contributed by atoms with E-state index in [9.17, 15) is 0 Å². The lowest BCUT2D eigenvalue weighted by atomic mass is 10.2. The van der Waals surface area contributed by atoms with E-state index < -0.39 is 0 Å². The third kappa shape index (κ3) is 6.62. The van der Waals surface area contributed by atoms with Gasteiger partial charge in [0.05, 0.1) is 24.3 Å². The van der Waals surface area contributed by atoms with Gasteiger partial charge in [-0.25, -0.2) is 4.98 Å². The van der Waals surface area contributed by atoms with E-state index in [0.717, 1.165) is 57.5 Å². The summed E-state index contributed by atoms with van der Waals surface area (Å²) in [6, 6.07) is 4.07. The molecule has 3 heterocycles. The van der Waals surface area contributed by atoms with Crippen molar-refractivity contribution in [2.45, 2.75) is 25.5 Å². The number of halogens is 2. The number of aromatic nitrogens is 1. The number of hydrogen-bond acceptors (Lipinski definition) is 5. The topological polar surface area (TPSA) is 65.0 Å². The van der Waals surface area contributed by atoms with Crippen LogP contribution in [0.15, 0.2) is 23.3 Å². The van der Waals surface area contributed by atoms with E-state index in [0.29, 0.717) is 17.6 Å². The van der Waals surface area contributed by atoms with Crippen LogP contribution >= 0.6 is 35.6 Å². The molecule has 0 amide bonds. The highest BCUT2D eigenvalue weighted by Gasteiger charge is 2.25. The minimum atomic E-state index is 0. The molecule has 9 heteroatoms. The average molecular weight is 509 g/mol. The number of pyridine rings is 1. The summed E-state index contributed by atoms with van der Waals surface area (Å²) in [5.74, 6) is 1.71. The fourth-order valence-corrected chi connectivity index (χ4v) is 3.61. The Hall–Kier alpha value is -0.840. The molecule has 2 N–H and O–H groups in total. The number of aliphatic imine (C=N–C) groups is 1. The SMILES string of the molecule is CCNC(=NCC1CN(C)CCO1)NC1CCN(c2ncccc2Cl)C1.I. The predicted molar refractivity (Wildman–Crippen MR) is 122 cm³/mol. The molecule has 0 spiro atoms. The first-order chi connectivity index (χ1) is 12.7. The Bertz CT molecular complexity index is 619. The molecule has 3 rings (SSSR count). The van der Waals surface area contributed by atoms with Gasteiger partial charge in [-0.2, -0.15) is 0 Å². The quantitative estimate of drug-likeness (QED) is 0.359. The summed E-state index contributed by atoms with van der Waals surface area (Å²) < 4.78 is 5.80. The van der Waals surface area contributed by atoms with Crippen molar-refractivity contribution in [3.63, 3.8) is 0 Å². The number of hydrogen-bond donors (Lipinski definition) is 2. The summed E-state index contributed by atoms with van der Waals surface area (Å²) in [4.78, 5) is 13.7. The first-order valence-corrected chi connectivity index (χ1v) is 9.74. The molecule has 0 aromatic carbocycles. The van der Waals surface area contributed by atoms with Gasteiger partial charge in [0, 0.05) is 45.0 Å². The molecule has 2 aliphatic heterocycles. The van der Waals surface area contributed by atoms with Gasteiger partial charge in [-0.3, -0.25) is 4.99 Å². The van der Waals surface area contributed by atoms with Gasteiger partial charge in [-0.15, -0.1) is 24.0 Å². The normalized spacial score (nSPS) is 23.8. The van der Waals surface area contributed by atoms with Crippen LogP contribution in [-0.4, -0.2) is 80.9 Å². The van der Waals surface area contributed by atoms with E-state index in [1.54, 1.807) is 6.20 Å². The standard InChI is InChI=1S/C18H29ClN6O.HI/c1-3-20-18(22-11-15-13-24(2)9-10-26-15)23-14-6-8-25(12-14)17-16(19)5-4-7-21-17;/h4-5,7,14-15H,3,6,8-13H2,1-2H3,(H2,20,22,23);1H. The van der Waals surface area contributed by atoms with Crippen LogP contribution in [0.25, 0.3) is 0 Å². The van der Waals surface area contributed by atoms with Gasteiger partial charge in [0.1, 0.15) is 5.82 Å². The van der Waals surface area contributed by atoms with Crippen LogP contribution in [0.5, 0.6) is 0 Å². The van der Waals surface area contributed by atoms with Crippen LogP contribution in [0.3, 0.4) is 0 Å². The van der Waals surface area contributed by atoms with E-state index in [-0.39, 0.29) is 30.1 Å². The predicted octanol–water partition coefficient (Wildman–Crippen LogP) is 1.82. The van der Waals surface area contributed by atoms with Gasteiger partial charge in [-0.05, 0) is 32.5 Å². The molecule has 27 heavy (non-hydrogen) atoms. The highest BCUT2D eigenvalue weighted by atomic mass is 127. The summed E-state index contributed by atoms with van der Waals surface area (Å²) >= 11 is 6.28. The summed E-state index contributed by atoms with van der Waals surface area (Å²) in [7, 11) is 2.12. The summed E-state index contributed by atoms with van der Waals surface area (Å²) in [6.45, 7) is 8.08. The molecule has 0 saturated carbocycles. The van der Waals surface area contributed by atoms with E-state index in [2.05, 4.69) is 39.4 Å². The van der Waals surface area contributed by atoms with Crippen LogP contribution in [-0.2, 0) is 4.74 Å². The molecule has 1 aromatic rings. The number of ether oxygens (including phenoxy) is 1. The second-order valence-corrected chi connectivity index (χ2v) is 7.27. The first-order valence-electron chi connectivity index (χ1n) is 9.36. The monoisotopic (exact) mass is 508 g/mol. The number of anilines is 1. The zero-order valence-corrected chi connectivity index (χ0v) is 19.1. The molecule has 2 saturated heterocycles. The Morgan fingerprint density at radius 2 is 2.26 bits per heavy atom. The van der Waals surface area contributed by atoms with Gasteiger partial charge in [-0.1, -0.05) is 11.6 Å². The van der Waals surface area contributed by atoms with Gasteiger partial charge in [0.2, 0.25) is 0 Å². The van der Waals surface area contributed by atoms with E-state index >= 15 is 0 Å². The number of likely N-dealkylation sites (N-methyl/N-ethyl adjacent to an activating group) is 1. The number of rotatable bonds is 5. The molecule has 2 atom stereocenters. The molecule has 0 bridgehead atoms. The van der Waals surface area contributed by atoms with Crippen LogP contribution < -0.4 is 15.5 Å². The summed E-state index contributed by atoms with van der Waals surface area (Å²) in [6.07, 6.45) is 2.98. The molecule has 0 radical (unpaired) electrons. The van der Waals surface area contributed by atoms with Crippen LogP contribution in [0.1, 0.15) is 13.3 Å². The van der Waals surface area contributed by atoms with Gasteiger partial charge < -0.3 is 25.2 Å². The first kappa shape index (κ1) is 22.4. The zero-order chi connectivity index (χ0) is 18.4. The number of nitrogens with zero attached hydrogens (tertiary/aromatic N) is 4.